The van der Waals surface area contributed by atoms with E-state index in [1.807, 2.05) is 36.5 Å². The maximum absolute atomic E-state index is 9.10. The number of aromatic nitrogens is 3. The van der Waals surface area contributed by atoms with Gasteiger partial charge in [-0.15, -0.1) is 35.7 Å². The van der Waals surface area contributed by atoms with Gasteiger partial charge in [0, 0.05) is 50.0 Å². The van der Waals surface area contributed by atoms with Crippen LogP contribution in [0.4, 0.5) is 11.4 Å². The standard InChI is InChI=1S/C66H57N4O.Pt/c1-64(2,3)43-19-14-18-42(36-43)49-25-16-26-55-52-32-30-44(65(4,5)6)37-57(52)51-23-11-10-22-50(51)56-27-17-29-59-63(56)69(62(49)55)41-68(59)46-20-15-21-47(39-46)71-48-31-33-54-53-24-12-13-28-58(53)70(60(54)40-48)61-38-45(34-35-67-61)66(7,8)9;/h10-38,41H,1-9H3;/q-3;/i14D;. The zero-order valence-electron chi connectivity index (χ0n) is 43.3. The number of para-hydroxylation sites is 3. The first-order valence-corrected chi connectivity index (χ1v) is 24.7. The van der Waals surface area contributed by atoms with E-state index in [0.717, 1.165) is 88.3 Å². The summed E-state index contributed by atoms with van der Waals surface area (Å²) >= 11 is 0. The fraction of sp³-hybridized carbons (Fsp3) is 0.182. The summed E-state index contributed by atoms with van der Waals surface area (Å²) in [4.78, 5) is 7.12. The van der Waals surface area contributed by atoms with Crippen LogP contribution in [0.2, 0.25) is 0 Å². The second-order valence-electron chi connectivity index (χ2n) is 22.1. The summed E-state index contributed by atoms with van der Waals surface area (Å²) in [6.45, 7) is 22.4. The third kappa shape index (κ3) is 7.99. The van der Waals surface area contributed by atoms with Crippen molar-refractivity contribution in [2.45, 2.75) is 78.6 Å². The minimum atomic E-state index is -0.152. The predicted octanol–water partition coefficient (Wildman–Crippen LogP) is 17.8. The molecule has 0 spiro atoms. The molecule has 0 unspecified atom stereocenters. The van der Waals surface area contributed by atoms with E-state index < -0.39 is 0 Å². The first-order valence-electron chi connectivity index (χ1n) is 25.2. The molecule has 360 valence electrons. The normalized spacial score (nSPS) is 13.0. The van der Waals surface area contributed by atoms with E-state index in [2.05, 4.69) is 229 Å². The Kier molecular flexibility index (Phi) is 11.1. The van der Waals surface area contributed by atoms with Crippen LogP contribution in [0.15, 0.2) is 176 Å². The van der Waals surface area contributed by atoms with Crippen LogP contribution in [-0.4, -0.2) is 14.1 Å². The molecule has 0 amide bonds. The van der Waals surface area contributed by atoms with Crippen LogP contribution in [0.25, 0.3) is 82.1 Å². The van der Waals surface area contributed by atoms with Gasteiger partial charge in [0.1, 0.15) is 5.82 Å². The quantitative estimate of drug-likeness (QED) is 0.161. The third-order valence-corrected chi connectivity index (χ3v) is 14.3. The van der Waals surface area contributed by atoms with Crippen molar-refractivity contribution in [2.24, 2.45) is 0 Å². The Labute approximate surface area is 438 Å². The molecule has 1 aliphatic rings. The number of rotatable bonds is 5. The Morgan fingerprint density at radius 1 is 0.514 bits per heavy atom. The fourth-order valence-electron chi connectivity index (χ4n) is 10.5. The molecule has 0 radical (unpaired) electrons. The van der Waals surface area contributed by atoms with Crippen molar-refractivity contribution < 1.29 is 27.2 Å². The Balaban J connectivity index is 0.00000574. The van der Waals surface area contributed by atoms with Gasteiger partial charge in [0.15, 0.2) is 0 Å². The Bertz CT molecular complexity index is 4090. The van der Waals surface area contributed by atoms with Gasteiger partial charge < -0.3 is 18.8 Å². The molecule has 12 rings (SSSR count). The van der Waals surface area contributed by atoms with Crippen molar-refractivity contribution in [3.05, 3.63) is 212 Å². The van der Waals surface area contributed by atoms with Crippen molar-refractivity contribution in [1.82, 2.24) is 14.1 Å². The molecule has 0 atom stereocenters. The molecular formula is C66H57N4OPt-3. The molecule has 1 aliphatic heterocycles. The maximum Gasteiger partial charge on any atom is 0.135 e. The van der Waals surface area contributed by atoms with E-state index in [4.69, 9.17) is 11.1 Å². The number of hydrogen-bond donors (Lipinski definition) is 0. The molecule has 0 saturated heterocycles. The molecule has 0 N–H and O–H groups in total. The van der Waals surface area contributed by atoms with Crippen LogP contribution in [-0.2, 0) is 37.3 Å². The van der Waals surface area contributed by atoms with Gasteiger partial charge in [-0.2, -0.15) is 12.1 Å². The monoisotopic (exact) mass is 1120 g/mol. The predicted molar refractivity (Wildman–Crippen MR) is 298 cm³/mol. The number of benzene rings is 8. The smallest absolute Gasteiger partial charge is 0.135 e. The second-order valence-corrected chi connectivity index (χ2v) is 22.1. The number of pyridine rings is 1. The Morgan fingerprint density at radius 2 is 1.12 bits per heavy atom. The van der Waals surface area contributed by atoms with E-state index in [1.54, 1.807) is 0 Å². The maximum atomic E-state index is 9.10. The summed E-state index contributed by atoms with van der Waals surface area (Å²) < 4.78 is 20.5. The number of ether oxygens (including phenoxy) is 1. The molecule has 0 bridgehead atoms. The van der Waals surface area contributed by atoms with Crippen LogP contribution in [0.3, 0.4) is 0 Å². The molecule has 3 aromatic heterocycles. The molecule has 11 aromatic rings. The molecule has 4 heterocycles. The molecule has 0 aliphatic carbocycles. The van der Waals surface area contributed by atoms with Crippen LogP contribution in [0.5, 0.6) is 11.5 Å². The van der Waals surface area contributed by atoms with Gasteiger partial charge in [0.2, 0.25) is 0 Å². The van der Waals surface area contributed by atoms with Crippen LogP contribution < -0.4 is 9.64 Å². The third-order valence-electron chi connectivity index (χ3n) is 14.3. The Morgan fingerprint density at radius 3 is 1.89 bits per heavy atom. The average molecular weight is 1120 g/mol. The number of nitrogens with zero attached hydrogens (tertiary/aromatic N) is 4. The largest absolute Gasteiger partial charge is 0.509 e. The van der Waals surface area contributed by atoms with E-state index >= 15 is 0 Å². The van der Waals surface area contributed by atoms with E-state index in [1.165, 1.54) is 21.9 Å². The van der Waals surface area contributed by atoms with Crippen molar-refractivity contribution in [2.75, 3.05) is 4.90 Å². The zero-order valence-corrected chi connectivity index (χ0v) is 44.5. The molecule has 8 aromatic carbocycles. The summed E-state index contributed by atoms with van der Waals surface area (Å²) in [5.41, 5.74) is 11.3. The fourth-order valence-corrected chi connectivity index (χ4v) is 10.5. The summed E-state index contributed by atoms with van der Waals surface area (Å²) in [6.07, 6.45) is 1.90. The van der Waals surface area contributed by atoms with Gasteiger partial charge in [0.25, 0.3) is 0 Å². The topological polar surface area (TPSA) is 35.2 Å². The van der Waals surface area contributed by atoms with E-state index in [9.17, 15) is 0 Å². The summed E-state index contributed by atoms with van der Waals surface area (Å²) in [5, 5.41) is 9.12. The second kappa shape index (κ2) is 17.5. The summed E-state index contributed by atoms with van der Waals surface area (Å²) in [5.74, 6) is 2.00. The SMILES string of the molecule is [2H]c1cc(-c2cccc3c4ccc(C(C)(C)C)cc4c4ccccc4c4cccc5c4n(c23)[CH-]N5c2[c-]c(Oc3[c-]c4c(cc3)c3ccccc3n4-c3cc(C(C)(C)C)ccn3)ccc2)cc(C(C)(C)C)c1.[Pt]. The van der Waals surface area contributed by atoms with Gasteiger partial charge in [-0.3, -0.25) is 0 Å². The molecule has 72 heavy (non-hydrogen) atoms. The van der Waals surface area contributed by atoms with Gasteiger partial charge >= 0.3 is 0 Å². The summed E-state index contributed by atoms with van der Waals surface area (Å²) in [7, 11) is 0. The number of fused-ring (bicyclic) bond motifs is 10. The Hall–Kier alpha value is -7.33. The van der Waals surface area contributed by atoms with Crippen molar-refractivity contribution in [1.29, 1.82) is 0 Å². The number of hydrogen-bond acceptors (Lipinski definition) is 3. The first-order chi connectivity index (χ1) is 34.5. The van der Waals surface area contributed by atoms with Gasteiger partial charge in [-0.1, -0.05) is 189 Å². The van der Waals surface area contributed by atoms with E-state index in [-0.39, 0.29) is 37.3 Å². The first kappa shape index (κ1) is 45.8. The minimum absolute atomic E-state index is 0. The molecule has 0 saturated carbocycles. The summed E-state index contributed by atoms with van der Waals surface area (Å²) in [6, 6.07) is 66.3. The molecule has 5 nitrogen and oxygen atoms in total. The van der Waals surface area contributed by atoms with Crippen LogP contribution >= 0.6 is 0 Å². The van der Waals surface area contributed by atoms with Crippen LogP contribution in [0.1, 0.15) is 80.4 Å². The van der Waals surface area contributed by atoms with E-state index in [0.29, 0.717) is 17.5 Å². The molecular weight excluding hydrogens is 1060 g/mol. The molecule has 6 heteroatoms. The van der Waals surface area contributed by atoms with Gasteiger partial charge in [-0.05, 0) is 124 Å². The minimum Gasteiger partial charge on any atom is -0.509 e. The number of anilines is 2. The zero-order chi connectivity index (χ0) is 49.8. The van der Waals surface area contributed by atoms with Gasteiger partial charge in [-0.25, -0.2) is 4.98 Å². The van der Waals surface area contributed by atoms with Crippen LogP contribution in [0, 0.1) is 18.8 Å². The van der Waals surface area contributed by atoms with Crippen molar-refractivity contribution >= 4 is 76.5 Å². The van der Waals surface area contributed by atoms with Crippen molar-refractivity contribution in [3.63, 3.8) is 0 Å². The van der Waals surface area contributed by atoms with Gasteiger partial charge in [0.05, 0.1) is 1.37 Å². The average Bonchev–Trinajstić information content (AvgIpc) is 3.92. The molecule has 0 fully saturated rings. The van der Waals surface area contributed by atoms with Crippen molar-refractivity contribution in [3.8, 4) is 28.4 Å².